The highest BCUT2D eigenvalue weighted by Crippen LogP contribution is 2.09. The van der Waals surface area contributed by atoms with Gasteiger partial charge in [0.15, 0.2) is 0 Å². The van der Waals surface area contributed by atoms with Crippen LogP contribution in [0, 0.1) is 5.82 Å². The van der Waals surface area contributed by atoms with E-state index in [1.165, 1.54) is 12.1 Å². The molecule has 0 aliphatic rings. The highest BCUT2D eigenvalue weighted by Gasteiger charge is 2.15. The zero-order valence-corrected chi connectivity index (χ0v) is 11.6. The molecule has 1 rings (SSSR count). The fraction of sp³-hybridized carbons (Fsp3) is 0.455. The molecule has 1 unspecified atom stereocenters. The topological polar surface area (TPSA) is 66.4 Å². The van der Waals surface area contributed by atoms with E-state index >= 15 is 0 Å². The Balaban J connectivity index is 2.57. The van der Waals surface area contributed by atoms with Crippen molar-refractivity contribution in [2.45, 2.75) is 17.4 Å². The molecule has 0 radical (unpaired) electrons. The lowest BCUT2D eigenvalue weighted by atomic mass is 10.3. The second-order valence-electron chi connectivity index (χ2n) is 3.74. The molecule has 0 saturated carbocycles. The Morgan fingerprint density at radius 3 is 2.56 bits per heavy atom. The van der Waals surface area contributed by atoms with E-state index in [4.69, 9.17) is 0 Å². The summed E-state index contributed by atoms with van der Waals surface area (Å²) >= 11 is 1.58. The van der Waals surface area contributed by atoms with Gasteiger partial charge in [-0.05, 0) is 42.7 Å². The Morgan fingerprint density at radius 2 is 2.00 bits per heavy atom. The Morgan fingerprint density at radius 1 is 1.39 bits per heavy atom. The van der Waals surface area contributed by atoms with Gasteiger partial charge < -0.3 is 5.11 Å². The number of aliphatic hydroxyl groups excluding tert-OH is 1. The molecule has 1 atom stereocenters. The van der Waals surface area contributed by atoms with Crippen LogP contribution in [0.1, 0.15) is 6.42 Å². The maximum atomic E-state index is 12.7. The second-order valence-corrected chi connectivity index (χ2v) is 6.49. The molecule has 2 N–H and O–H groups in total. The van der Waals surface area contributed by atoms with Crippen molar-refractivity contribution in [2.75, 3.05) is 18.6 Å². The molecule has 0 saturated heterocycles. The van der Waals surface area contributed by atoms with Crippen molar-refractivity contribution in [3.8, 4) is 0 Å². The summed E-state index contributed by atoms with van der Waals surface area (Å²) in [7, 11) is -3.68. The minimum absolute atomic E-state index is 0.0130. The molecule has 0 aliphatic heterocycles. The fourth-order valence-corrected chi connectivity index (χ4v) is 2.84. The lowest BCUT2D eigenvalue weighted by molar-refractivity contribution is 0.175. The van der Waals surface area contributed by atoms with Crippen molar-refractivity contribution < 1.29 is 17.9 Å². The van der Waals surface area contributed by atoms with Crippen molar-refractivity contribution in [2.24, 2.45) is 0 Å². The highest BCUT2D eigenvalue weighted by molar-refractivity contribution is 7.98. The molecule has 102 valence electrons. The van der Waals surface area contributed by atoms with E-state index in [1.54, 1.807) is 11.8 Å². The van der Waals surface area contributed by atoms with Crippen molar-refractivity contribution in [1.29, 1.82) is 0 Å². The summed E-state index contributed by atoms with van der Waals surface area (Å²) in [4.78, 5) is -0.0130. The third-order valence-corrected chi connectivity index (χ3v) is 4.37. The molecule has 1 aromatic rings. The van der Waals surface area contributed by atoms with Crippen molar-refractivity contribution in [1.82, 2.24) is 4.72 Å². The Kier molecular flexibility index (Phi) is 6.07. The van der Waals surface area contributed by atoms with Crippen LogP contribution in [0.15, 0.2) is 29.2 Å². The third-order valence-electron chi connectivity index (χ3n) is 2.29. The summed E-state index contributed by atoms with van der Waals surface area (Å²) in [6.45, 7) is -0.0414. The van der Waals surface area contributed by atoms with E-state index in [-0.39, 0.29) is 11.4 Å². The molecule has 0 fully saturated rings. The van der Waals surface area contributed by atoms with Gasteiger partial charge >= 0.3 is 0 Å². The summed E-state index contributed by atoms with van der Waals surface area (Å²) in [5.74, 6) is 0.272. The Hall–Kier alpha value is -0.630. The first-order valence-electron chi connectivity index (χ1n) is 5.38. The molecule has 7 heteroatoms. The lowest BCUT2D eigenvalue weighted by Gasteiger charge is -2.11. The zero-order valence-electron chi connectivity index (χ0n) is 9.97. The first kappa shape index (κ1) is 15.4. The summed E-state index contributed by atoms with van der Waals surface area (Å²) < 4.78 is 38.5. The number of thioether (sulfide) groups is 1. The van der Waals surface area contributed by atoms with Crippen LogP contribution in [0.3, 0.4) is 0 Å². The summed E-state index contributed by atoms with van der Waals surface area (Å²) in [6.07, 6.45) is 1.72. The average Bonchev–Trinajstić information content (AvgIpc) is 2.34. The number of hydrogen-bond acceptors (Lipinski definition) is 4. The van der Waals surface area contributed by atoms with Gasteiger partial charge in [0.05, 0.1) is 11.0 Å². The minimum atomic E-state index is -3.68. The zero-order chi connectivity index (χ0) is 13.6. The van der Waals surface area contributed by atoms with Gasteiger partial charge in [0, 0.05) is 6.54 Å². The van der Waals surface area contributed by atoms with E-state index in [0.29, 0.717) is 6.42 Å². The van der Waals surface area contributed by atoms with Gasteiger partial charge in [-0.15, -0.1) is 0 Å². The monoisotopic (exact) mass is 293 g/mol. The number of benzene rings is 1. The van der Waals surface area contributed by atoms with Crippen LogP contribution in [-0.2, 0) is 10.0 Å². The molecule has 0 spiro atoms. The molecule has 0 heterocycles. The summed E-state index contributed by atoms with van der Waals surface area (Å²) in [6, 6.07) is 4.54. The number of rotatable bonds is 7. The van der Waals surface area contributed by atoms with Crippen LogP contribution in [0.25, 0.3) is 0 Å². The average molecular weight is 293 g/mol. The van der Waals surface area contributed by atoms with Gasteiger partial charge in [0.25, 0.3) is 0 Å². The van der Waals surface area contributed by atoms with Crippen molar-refractivity contribution in [3.63, 3.8) is 0 Å². The quantitative estimate of drug-likeness (QED) is 0.793. The maximum absolute atomic E-state index is 12.7. The van der Waals surface area contributed by atoms with Crippen LogP contribution in [-0.4, -0.2) is 38.2 Å². The second kappa shape index (κ2) is 7.08. The molecule has 0 aliphatic carbocycles. The molecule has 0 bridgehead atoms. The van der Waals surface area contributed by atoms with Gasteiger partial charge in [-0.25, -0.2) is 17.5 Å². The smallest absolute Gasteiger partial charge is 0.240 e. The largest absolute Gasteiger partial charge is 0.392 e. The number of aliphatic hydroxyl groups is 1. The predicted molar refractivity (Wildman–Crippen MR) is 70.6 cm³/mol. The standard InChI is InChI=1S/C11H16FNO3S2/c1-17-7-6-10(14)8-13-18(15,16)11-4-2-9(12)3-5-11/h2-5,10,13-14H,6-8H2,1H3. The molecular weight excluding hydrogens is 277 g/mol. The number of nitrogens with one attached hydrogen (secondary N) is 1. The third kappa shape index (κ3) is 4.93. The molecule has 0 amide bonds. The van der Waals surface area contributed by atoms with Gasteiger partial charge in [-0.2, -0.15) is 11.8 Å². The maximum Gasteiger partial charge on any atom is 0.240 e. The first-order chi connectivity index (χ1) is 8.45. The Bertz CT molecular complexity index is 462. The predicted octanol–water partition coefficient (Wildman–Crippen LogP) is 1.22. The van der Waals surface area contributed by atoms with Crippen LogP contribution in [0.2, 0.25) is 0 Å². The Labute approximate surface area is 111 Å². The van der Waals surface area contributed by atoms with Crippen LogP contribution in [0.5, 0.6) is 0 Å². The van der Waals surface area contributed by atoms with E-state index < -0.39 is 21.9 Å². The van der Waals surface area contributed by atoms with Crippen LogP contribution < -0.4 is 4.72 Å². The van der Waals surface area contributed by atoms with E-state index in [2.05, 4.69) is 4.72 Å². The van der Waals surface area contributed by atoms with E-state index in [0.717, 1.165) is 17.9 Å². The number of hydrogen-bond donors (Lipinski definition) is 2. The first-order valence-corrected chi connectivity index (χ1v) is 8.25. The molecule has 1 aromatic carbocycles. The molecule has 0 aromatic heterocycles. The van der Waals surface area contributed by atoms with E-state index in [1.807, 2.05) is 6.26 Å². The van der Waals surface area contributed by atoms with E-state index in [9.17, 15) is 17.9 Å². The minimum Gasteiger partial charge on any atom is -0.392 e. The number of sulfonamides is 1. The summed E-state index contributed by atoms with van der Waals surface area (Å²) in [5.41, 5.74) is 0. The highest BCUT2D eigenvalue weighted by atomic mass is 32.2. The van der Waals surface area contributed by atoms with Gasteiger partial charge in [-0.1, -0.05) is 0 Å². The van der Waals surface area contributed by atoms with Crippen molar-refractivity contribution >= 4 is 21.8 Å². The fourth-order valence-electron chi connectivity index (χ4n) is 1.26. The van der Waals surface area contributed by atoms with Gasteiger partial charge in [0.1, 0.15) is 5.82 Å². The molecule has 4 nitrogen and oxygen atoms in total. The number of halogens is 1. The van der Waals surface area contributed by atoms with Crippen molar-refractivity contribution in [3.05, 3.63) is 30.1 Å². The van der Waals surface area contributed by atoms with Crippen LogP contribution >= 0.6 is 11.8 Å². The van der Waals surface area contributed by atoms with Gasteiger partial charge in [0.2, 0.25) is 10.0 Å². The van der Waals surface area contributed by atoms with Crippen LogP contribution in [0.4, 0.5) is 4.39 Å². The lowest BCUT2D eigenvalue weighted by Crippen LogP contribution is -2.32. The normalized spacial score (nSPS) is 13.5. The van der Waals surface area contributed by atoms with Gasteiger partial charge in [-0.3, -0.25) is 0 Å². The summed E-state index contributed by atoms with van der Waals surface area (Å²) in [5, 5.41) is 9.53. The SMILES string of the molecule is CSCCC(O)CNS(=O)(=O)c1ccc(F)cc1. The molecular formula is C11H16FNO3S2. The molecule has 18 heavy (non-hydrogen) atoms.